The second-order valence-electron chi connectivity index (χ2n) is 9.27. The molecule has 0 atom stereocenters. The normalized spacial score (nSPS) is 11.3. The second-order valence-corrected chi connectivity index (χ2v) is 9.27. The number of anilines is 1. The van der Waals surface area contributed by atoms with Gasteiger partial charge in [0, 0.05) is 6.42 Å². The molecule has 5 rings (SSSR count). The molecular formula is C32H32N4O3. The number of carbonyl (C=O) groups excluding carboxylic acids is 1. The van der Waals surface area contributed by atoms with Gasteiger partial charge in [0.1, 0.15) is 23.1 Å². The van der Waals surface area contributed by atoms with Gasteiger partial charge in [-0.1, -0.05) is 86.1 Å². The van der Waals surface area contributed by atoms with Crippen molar-refractivity contribution in [3.63, 3.8) is 0 Å². The van der Waals surface area contributed by atoms with Crippen LogP contribution in [0, 0.1) is 0 Å². The maximum Gasteiger partial charge on any atom is 0.245 e. The van der Waals surface area contributed by atoms with Crippen LogP contribution in [-0.2, 0) is 16.8 Å². The maximum atomic E-state index is 11.4. The molecule has 7 heteroatoms. The Bertz CT molecular complexity index is 1480. The molecule has 0 saturated heterocycles. The fourth-order valence-electron chi connectivity index (χ4n) is 4.84. The van der Waals surface area contributed by atoms with Crippen LogP contribution in [-0.4, -0.2) is 34.6 Å². The molecular weight excluding hydrogens is 488 g/mol. The summed E-state index contributed by atoms with van der Waals surface area (Å²) in [7, 11) is 1.66. The van der Waals surface area contributed by atoms with Crippen LogP contribution in [0.4, 0.5) is 5.95 Å². The predicted octanol–water partition coefficient (Wildman–Crippen LogP) is 6.06. The van der Waals surface area contributed by atoms with E-state index < -0.39 is 5.54 Å². The molecule has 0 aliphatic heterocycles. The van der Waals surface area contributed by atoms with E-state index >= 15 is 0 Å². The summed E-state index contributed by atoms with van der Waals surface area (Å²) in [6, 6.07) is 32.3. The van der Waals surface area contributed by atoms with Crippen LogP contribution in [0.3, 0.4) is 0 Å². The molecule has 0 amide bonds. The van der Waals surface area contributed by atoms with E-state index in [9.17, 15) is 4.79 Å². The van der Waals surface area contributed by atoms with E-state index in [2.05, 4.69) is 48.6 Å². The first-order chi connectivity index (χ1) is 19.2. The van der Waals surface area contributed by atoms with Crippen molar-refractivity contribution >= 4 is 17.8 Å². The van der Waals surface area contributed by atoms with Crippen molar-refractivity contribution in [2.45, 2.75) is 31.7 Å². The molecule has 198 valence electrons. The van der Waals surface area contributed by atoms with Crippen LogP contribution in [0.5, 0.6) is 11.6 Å². The third-order valence-corrected chi connectivity index (χ3v) is 6.82. The molecule has 0 fully saturated rings. The number of hydrogen-bond acceptors (Lipinski definition) is 6. The number of hydrogen-bond donors (Lipinski definition) is 1. The average molecular weight is 521 g/mol. The van der Waals surface area contributed by atoms with Crippen molar-refractivity contribution in [2.24, 2.45) is 0 Å². The lowest BCUT2D eigenvalue weighted by Crippen LogP contribution is -2.39. The number of rotatable bonds is 12. The second kappa shape index (κ2) is 11.8. The number of aromatic nitrogens is 3. The number of ether oxygens (including phenoxy) is 2. The highest BCUT2D eigenvalue weighted by Crippen LogP contribution is 2.40. The molecule has 0 aliphatic carbocycles. The lowest BCUT2D eigenvalue weighted by Gasteiger charge is -2.37. The van der Waals surface area contributed by atoms with E-state index in [-0.39, 0.29) is 6.42 Å². The minimum absolute atomic E-state index is 0.236. The van der Waals surface area contributed by atoms with E-state index in [0.717, 1.165) is 52.8 Å². The largest absolute Gasteiger partial charge is 0.497 e. The van der Waals surface area contributed by atoms with Gasteiger partial charge in [-0.05, 0) is 47.4 Å². The molecule has 2 aromatic heterocycles. The quantitative estimate of drug-likeness (QED) is 0.122. The summed E-state index contributed by atoms with van der Waals surface area (Å²) >= 11 is 0. The van der Waals surface area contributed by atoms with Crippen LogP contribution in [0.25, 0.3) is 5.52 Å². The number of unbranched alkanes of at least 4 members (excludes halogenated alkanes) is 1. The molecule has 0 spiro atoms. The first kappa shape index (κ1) is 26.0. The Morgan fingerprint density at radius 1 is 0.872 bits per heavy atom. The minimum Gasteiger partial charge on any atom is -0.497 e. The summed E-state index contributed by atoms with van der Waals surface area (Å²) in [5.74, 6) is 1.62. The predicted molar refractivity (Wildman–Crippen MR) is 153 cm³/mol. The van der Waals surface area contributed by atoms with Crippen LogP contribution >= 0.6 is 0 Å². The van der Waals surface area contributed by atoms with Gasteiger partial charge in [0.2, 0.25) is 11.8 Å². The minimum atomic E-state index is -0.846. The Labute approximate surface area is 228 Å². The van der Waals surface area contributed by atoms with Crippen molar-refractivity contribution in [1.82, 2.24) is 14.6 Å². The smallest absolute Gasteiger partial charge is 0.245 e. The molecule has 0 unspecified atom stereocenters. The fourth-order valence-corrected chi connectivity index (χ4v) is 4.84. The fraction of sp³-hybridized carbons (Fsp3) is 0.219. The molecule has 5 aromatic rings. The van der Waals surface area contributed by atoms with Gasteiger partial charge in [-0.25, -0.2) is 4.52 Å². The first-order valence-electron chi connectivity index (χ1n) is 13.2. The standard InChI is InChI=1S/C32H32N4O3/c1-3-4-23-39-30-29-20-17-27(21-22-37)36(29)35-31(33-30)34-32(24-11-7-5-8-12-24,25-13-9-6-10-14-25)26-15-18-28(38-2)19-16-26/h5-20,22H,3-4,21,23H2,1-2H3,(H,34,35). The van der Waals surface area contributed by atoms with Crippen LogP contribution in [0.1, 0.15) is 42.1 Å². The van der Waals surface area contributed by atoms with E-state index in [4.69, 9.17) is 19.6 Å². The summed E-state index contributed by atoms with van der Waals surface area (Å²) in [5, 5.41) is 8.58. The van der Waals surface area contributed by atoms with Crippen molar-refractivity contribution in [2.75, 3.05) is 19.0 Å². The zero-order chi connectivity index (χ0) is 27.1. The highest BCUT2D eigenvalue weighted by atomic mass is 16.5. The zero-order valence-electron chi connectivity index (χ0n) is 22.2. The van der Waals surface area contributed by atoms with Crippen LogP contribution in [0.2, 0.25) is 0 Å². The number of fused-ring (bicyclic) bond motifs is 1. The molecule has 7 nitrogen and oxygen atoms in total. The van der Waals surface area contributed by atoms with Crippen LogP contribution < -0.4 is 14.8 Å². The first-order valence-corrected chi connectivity index (χ1v) is 13.2. The number of methoxy groups -OCH3 is 1. The molecule has 2 heterocycles. The molecule has 0 bridgehead atoms. The van der Waals surface area contributed by atoms with E-state index in [1.165, 1.54) is 0 Å². The zero-order valence-corrected chi connectivity index (χ0v) is 22.2. The summed E-state index contributed by atoms with van der Waals surface area (Å²) in [5.41, 5.74) is 3.65. The summed E-state index contributed by atoms with van der Waals surface area (Å²) in [6.45, 7) is 2.66. The monoisotopic (exact) mass is 520 g/mol. The van der Waals surface area contributed by atoms with Gasteiger partial charge in [0.15, 0.2) is 0 Å². The van der Waals surface area contributed by atoms with Gasteiger partial charge >= 0.3 is 0 Å². The number of carbonyl (C=O) groups is 1. The van der Waals surface area contributed by atoms with E-state index in [1.807, 2.05) is 60.7 Å². The Morgan fingerprint density at radius 2 is 1.51 bits per heavy atom. The molecule has 3 aromatic carbocycles. The van der Waals surface area contributed by atoms with Gasteiger partial charge in [0.25, 0.3) is 0 Å². The summed E-state index contributed by atoms with van der Waals surface area (Å²) < 4.78 is 13.3. The van der Waals surface area contributed by atoms with Gasteiger partial charge in [-0.15, -0.1) is 5.10 Å². The van der Waals surface area contributed by atoms with Crippen molar-refractivity contribution in [3.05, 3.63) is 119 Å². The maximum absolute atomic E-state index is 11.4. The highest BCUT2D eigenvalue weighted by molar-refractivity contribution is 5.64. The Morgan fingerprint density at radius 3 is 2.10 bits per heavy atom. The molecule has 0 aliphatic rings. The Kier molecular flexibility index (Phi) is 7.87. The van der Waals surface area contributed by atoms with Gasteiger partial charge in [-0.3, -0.25) is 0 Å². The molecule has 0 radical (unpaired) electrons. The average Bonchev–Trinajstić information content (AvgIpc) is 3.40. The Balaban J connectivity index is 1.74. The molecule has 0 saturated carbocycles. The van der Waals surface area contributed by atoms with Gasteiger partial charge in [-0.2, -0.15) is 4.98 Å². The number of aldehydes is 1. The summed E-state index contributed by atoms with van der Waals surface area (Å²) in [4.78, 5) is 16.3. The highest BCUT2D eigenvalue weighted by Gasteiger charge is 2.37. The summed E-state index contributed by atoms with van der Waals surface area (Å²) in [6.07, 6.45) is 3.03. The Hall–Kier alpha value is -4.65. The third-order valence-electron chi connectivity index (χ3n) is 6.82. The lowest BCUT2D eigenvalue weighted by atomic mass is 9.77. The van der Waals surface area contributed by atoms with Gasteiger partial charge in [0.05, 0.1) is 19.4 Å². The van der Waals surface area contributed by atoms with Crippen LogP contribution in [0.15, 0.2) is 97.1 Å². The van der Waals surface area contributed by atoms with Crippen molar-refractivity contribution in [3.8, 4) is 11.6 Å². The van der Waals surface area contributed by atoms with Crippen molar-refractivity contribution in [1.29, 1.82) is 0 Å². The SMILES string of the molecule is CCCCOc1nc(NC(c2ccccc2)(c2ccccc2)c2ccc(OC)cc2)nn2c(CC=O)ccc12. The number of nitrogens with zero attached hydrogens (tertiary/aromatic N) is 3. The van der Waals surface area contributed by atoms with E-state index in [0.29, 0.717) is 18.4 Å². The lowest BCUT2D eigenvalue weighted by molar-refractivity contribution is -0.107. The topological polar surface area (TPSA) is 77.8 Å². The van der Waals surface area contributed by atoms with E-state index in [1.54, 1.807) is 11.6 Å². The molecule has 1 N–H and O–H groups in total. The molecule has 39 heavy (non-hydrogen) atoms. The number of nitrogens with one attached hydrogen (secondary N) is 1. The number of benzene rings is 3. The van der Waals surface area contributed by atoms with Crippen molar-refractivity contribution < 1.29 is 14.3 Å². The van der Waals surface area contributed by atoms with Gasteiger partial charge < -0.3 is 19.6 Å². The third kappa shape index (κ3) is 5.21.